The molecule has 0 bridgehead atoms. The molecule has 24 heavy (non-hydrogen) atoms. The fraction of sp³-hybridized carbons (Fsp3) is 0.412. The van der Waals surface area contributed by atoms with Gasteiger partial charge in [-0.3, -0.25) is 0 Å². The number of pyridine rings is 1. The number of hydrogen-bond acceptors (Lipinski definition) is 5. The number of carbonyl (C=O) groups is 1. The number of hydrogen-bond donors (Lipinski definition) is 1. The van der Waals surface area contributed by atoms with E-state index in [-0.39, 0.29) is 12.1 Å². The largest absolute Gasteiger partial charge is 0.485 e. The number of nitrogens with one attached hydrogen (secondary N) is 1. The standard InChI is InChI=1S/C17H22N4O2S/c1-20(2)16-15(4-3-7-18-16)23-14-5-8-21(11-14)17(22)19-10-13-6-9-24-12-13/h3-4,6-7,9,12,14H,5,8,10-11H2,1-2H3,(H,19,22)/t14-/m0/s1. The van der Waals surface area contributed by atoms with E-state index in [1.54, 1.807) is 17.5 Å². The van der Waals surface area contributed by atoms with E-state index in [1.165, 1.54) is 0 Å². The van der Waals surface area contributed by atoms with Crippen LogP contribution in [0.3, 0.4) is 0 Å². The summed E-state index contributed by atoms with van der Waals surface area (Å²) in [6.45, 7) is 1.87. The van der Waals surface area contributed by atoms with Crippen LogP contribution in [0, 0.1) is 0 Å². The van der Waals surface area contributed by atoms with Crippen molar-refractivity contribution in [2.24, 2.45) is 0 Å². The lowest BCUT2D eigenvalue weighted by Crippen LogP contribution is -2.39. The summed E-state index contributed by atoms with van der Waals surface area (Å²) in [5.41, 5.74) is 1.13. The monoisotopic (exact) mass is 346 g/mol. The topological polar surface area (TPSA) is 57.7 Å². The third kappa shape index (κ3) is 3.97. The van der Waals surface area contributed by atoms with E-state index in [0.29, 0.717) is 19.6 Å². The van der Waals surface area contributed by atoms with Crippen molar-refractivity contribution in [3.63, 3.8) is 0 Å². The Morgan fingerprint density at radius 2 is 2.38 bits per heavy atom. The summed E-state index contributed by atoms with van der Waals surface area (Å²) in [5.74, 6) is 1.56. The molecule has 0 aromatic carbocycles. The van der Waals surface area contributed by atoms with Gasteiger partial charge in [0.2, 0.25) is 0 Å². The minimum absolute atomic E-state index is 0.000187. The van der Waals surface area contributed by atoms with Gasteiger partial charge in [0, 0.05) is 39.8 Å². The highest BCUT2D eigenvalue weighted by Gasteiger charge is 2.28. The predicted octanol–water partition coefficient (Wildman–Crippen LogP) is 2.57. The quantitative estimate of drug-likeness (QED) is 0.904. The lowest BCUT2D eigenvalue weighted by molar-refractivity contribution is 0.186. The fourth-order valence-corrected chi connectivity index (χ4v) is 3.35. The van der Waals surface area contributed by atoms with Gasteiger partial charge in [-0.05, 0) is 34.5 Å². The van der Waals surface area contributed by atoms with Crippen molar-refractivity contribution >= 4 is 23.2 Å². The highest BCUT2D eigenvalue weighted by Crippen LogP contribution is 2.26. The smallest absolute Gasteiger partial charge is 0.317 e. The molecule has 7 heteroatoms. The maximum absolute atomic E-state index is 12.3. The van der Waals surface area contributed by atoms with E-state index in [2.05, 4.69) is 10.3 Å². The second-order valence-electron chi connectivity index (χ2n) is 5.98. The molecule has 2 aromatic rings. The van der Waals surface area contributed by atoms with E-state index in [1.807, 2.05) is 52.9 Å². The Hall–Kier alpha value is -2.28. The average molecular weight is 346 g/mol. The molecular weight excluding hydrogens is 324 g/mol. The minimum Gasteiger partial charge on any atom is -0.485 e. The Labute approximate surface area is 146 Å². The lowest BCUT2D eigenvalue weighted by atomic mass is 10.3. The van der Waals surface area contributed by atoms with E-state index < -0.39 is 0 Å². The summed E-state index contributed by atoms with van der Waals surface area (Å²) in [6.07, 6.45) is 2.58. The van der Waals surface area contributed by atoms with E-state index in [9.17, 15) is 4.79 Å². The number of ether oxygens (including phenoxy) is 1. The van der Waals surface area contributed by atoms with Crippen LogP contribution in [-0.2, 0) is 6.54 Å². The maximum atomic E-state index is 12.3. The first kappa shape index (κ1) is 16.6. The highest BCUT2D eigenvalue weighted by atomic mass is 32.1. The average Bonchev–Trinajstić information content (AvgIpc) is 3.24. The second-order valence-corrected chi connectivity index (χ2v) is 6.76. The van der Waals surface area contributed by atoms with Gasteiger partial charge >= 0.3 is 6.03 Å². The van der Waals surface area contributed by atoms with Gasteiger partial charge in [-0.15, -0.1) is 0 Å². The van der Waals surface area contributed by atoms with Crippen LogP contribution in [-0.4, -0.2) is 49.2 Å². The number of carbonyl (C=O) groups excluding carboxylic acids is 1. The van der Waals surface area contributed by atoms with Crippen molar-refractivity contribution in [3.05, 3.63) is 40.7 Å². The second kappa shape index (κ2) is 7.53. The Kier molecular flexibility index (Phi) is 5.20. The molecule has 0 unspecified atom stereocenters. The molecule has 0 radical (unpaired) electrons. The molecule has 2 aromatic heterocycles. The molecular formula is C17H22N4O2S. The molecule has 2 amide bonds. The van der Waals surface area contributed by atoms with Crippen LogP contribution in [0.15, 0.2) is 35.2 Å². The van der Waals surface area contributed by atoms with Crippen LogP contribution in [0.5, 0.6) is 5.75 Å². The summed E-state index contributed by atoms with van der Waals surface area (Å²) in [4.78, 5) is 20.3. The Balaban J connectivity index is 1.53. The van der Waals surface area contributed by atoms with Gasteiger partial charge in [-0.1, -0.05) is 0 Å². The van der Waals surface area contributed by atoms with Gasteiger partial charge in [0.15, 0.2) is 11.6 Å². The molecule has 0 aliphatic carbocycles. The zero-order chi connectivity index (χ0) is 16.9. The third-order valence-electron chi connectivity index (χ3n) is 3.92. The van der Waals surface area contributed by atoms with Crippen molar-refractivity contribution in [3.8, 4) is 5.75 Å². The van der Waals surface area contributed by atoms with E-state index in [0.717, 1.165) is 23.6 Å². The molecule has 1 N–H and O–H groups in total. The van der Waals surface area contributed by atoms with Crippen molar-refractivity contribution in [1.82, 2.24) is 15.2 Å². The Morgan fingerprint density at radius 1 is 1.50 bits per heavy atom. The minimum atomic E-state index is -0.0358. The first-order chi connectivity index (χ1) is 11.6. The van der Waals surface area contributed by atoms with Crippen molar-refractivity contribution < 1.29 is 9.53 Å². The van der Waals surface area contributed by atoms with Crippen LogP contribution in [0.2, 0.25) is 0 Å². The molecule has 1 aliphatic heterocycles. The van der Waals surface area contributed by atoms with Crippen LogP contribution in [0.4, 0.5) is 10.6 Å². The van der Waals surface area contributed by atoms with Gasteiger partial charge in [0.05, 0.1) is 6.54 Å². The van der Waals surface area contributed by atoms with Gasteiger partial charge in [0.25, 0.3) is 0 Å². The van der Waals surface area contributed by atoms with E-state index in [4.69, 9.17) is 4.74 Å². The lowest BCUT2D eigenvalue weighted by Gasteiger charge is -2.20. The predicted molar refractivity (Wildman–Crippen MR) is 95.7 cm³/mol. The molecule has 1 aliphatic rings. The van der Waals surface area contributed by atoms with Gasteiger partial charge in [-0.25, -0.2) is 9.78 Å². The first-order valence-corrected chi connectivity index (χ1v) is 8.90. The SMILES string of the molecule is CN(C)c1ncccc1O[C@H]1CCN(C(=O)NCc2ccsc2)C1. The van der Waals surface area contributed by atoms with Crippen LogP contribution >= 0.6 is 11.3 Å². The molecule has 0 spiro atoms. The van der Waals surface area contributed by atoms with Crippen molar-refractivity contribution in [1.29, 1.82) is 0 Å². The first-order valence-electron chi connectivity index (χ1n) is 7.96. The highest BCUT2D eigenvalue weighted by molar-refractivity contribution is 7.07. The number of urea groups is 1. The summed E-state index contributed by atoms with van der Waals surface area (Å²) < 4.78 is 6.07. The van der Waals surface area contributed by atoms with Gasteiger partial charge in [0.1, 0.15) is 6.10 Å². The molecule has 1 fully saturated rings. The molecule has 1 saturated heterocycles. The number of amides is 2. The maximum Gasteiger partial charge on any atom is 0.317 e. The molecule has 128 valence electrons. The number of anilines is 1. The summed E-state index contributed by atoms with van der Waals surface area (Å²) >= 11 is 1.63. The molecule has 6 nitrogen and oxygen atoms in total. The zero-order valence-corrected chi connectivity index (χ0v) is 14.8. The van der Waals surface area contributed by atoms with Crippen LogP contribution in [0.1, 0.15) is 12.0 Å². The fourth-order valence-electron chi connectivity index (χ4n) is 2.68. The molecule has 0 saturated carbocycles. The van der Waals surface area contributed by atoms with Crippen molar-refractivity contribution in [2.75, 3.05) is 32.1 Å². The number of likely N-dealkylation sites (tertiary alicyclic amines) is 1. The molecule has 1 atom stereocenters. The summed E-state index contributed by atoms with van der Waals surface area (Å²) in [5, 5.41) is 7.01. The normalized spacial score (nSPS) is 16.9. The number of nitrogens with zero attached hydrogens (tertiary/aromatic N) is 3. The third-order valence-corrected chi connectivity index (χ3v) is 4.66. The molecule has 3 rings (SSSR count). The van der Waals surface area contributed by atoms with Gasteiger partial charge < -0.3 is 19.9 Å². The van der Waals surface area contributed by atoms with Crippen LogP contribution in [0.25, 0.3) is 0 Å². The molecule has 3 heterocycles. The van der Waals surface area contributed by atoms with Gasteiger partial charge in [-0.2, -0.15) is 11.3 Å². The summed E-state index contributed by atoms with van der Waals surface area (Å²) in [7, 11) is 3.88. The number of thiophene rings is 1. The van der Waals surface area contributed by atoms with Crippen LogP contribution < -0.4 is 15.0 Å². The van der Waals surface area contributed by atoms with Crippen molar-refractivity contribution in [2.45, 2.75) is 19.1 Å². The Morgan fingerprint density at radius 3 is 3.12 bits per heavy atom. The zero-order valence-electron chi connectivity index (χ0n) is 13.9. The Bertz CT molecular complexity index is 675. The summed E-state index contributed by atoms with van der Waals surface area (Å²) in [6, 6.07) is 5.77. The number of rotatable bonds is 5. The number of aromatic nitrogens is 1. The van der Waals surface area contributed by atoms with E-state index >= 15 is 0 Å².